The highest BCUT2D eigenvalue weighted by Gasteiger charge is 2.26. The second kappa shape index (κ2) is 8.28. The van der Waals surface area contributed by atoms with Crippen molar-refractivity contribution in [1.29, 1.82) is 0 Å². The van der Waals surface area contributed by atoms with Gasteiger partial charge in [0.15, 0.2) is 0 Å². The molecule has 1 aromatic carbocycles. The van der Waals surface area contributed by atoms with Crippen LogP contribution in [0.15, 0.2) is 23.1 Å². The van der Waals surface area contributed by atoms with Gasteiger partial charge in [0.1, 0.15) is 11.9 Å². The Morgan fingerprint density at radius 1 is 1.32 bits per heavy atom. The Morgan fingerprint density at radius 3 is 2.68 bits per heavy atom. The molecule has 1 aliphatic carbocycles. The van der Waals surface area contributed by atoms with E-state index in [-0.39, 0.29) is 17.3 Å². The van der Waals surface area contributed by atoms with Crippen LogP contribution in [0.3, 0.4) is 0 Å². The number of halogens is 1. The molecule has 1 aromatic rings. The minimum Gasteiger partial charge on any atom is -0.489 e. The van der Waals surface area contributed by atoms with Crippen LogP contribution in [-0.4, -0.2) is 17.3 Å². The normalized spacial score (nSPS) is 21.4. The molecule has 1 heterocycles. The van der Waals surface area contributed by atoms with Gasteiger partial charge >= 0.3 is 0 Å². The van der Waals surface area contributed by atoms with E-state index in [1.54, 1.807) is 12.1 Å². The van der Waals surface area contributed by atoms with E-state index in [1.807, 2.05) is 12.1 Å². The van der Waals surface area contributed by atoms with E-state index in [0.29, 0.717) is 21.6 Å². The van der Waals surface area contributed by atoms with Crippen molar-refractivity contribution in [3.05, 3.63) is 33.7 Å². The number of ether oxygens (including phenoxy) is 1. The second-order valence-corrected chi connectivity index (χ2v) is 7.93. The summed E-state index contributed by atoms with van der Waals surface area (Å²) in [5, 5.41) is 2.42. The third-order valence-corrected chi connectivity index (χ3v) is 5.86. The van der Waals surface area contributed by atoms with E-state index >= 15 is 0 Å². The molecule has 0 radical (unpaired) electrons. The van der Waals surface area contributed by atoms with E-state index in [2.05, 4.69) is 12.2 Å². The number of amides is 2. The van der Waals surface area contributed by atoms with Crippen molar-refractivity contribution in [2.24, 2.45) is 5.92 Å². The van der Waals surface area contributed by atoms with Crippen LogP contribution in [0.4, 0.5) is 4.79 Å². The Bertz CT molecular complexity index is 698. The number of carbonyl (C=O) groups is 2. The highest BCUT2D eigenvalue weighted by Crippen LogP contribution is 2.34. The molecule has 0 aromatic heterocycles. The minimum atomic E-state index is -0.366. The van der Waals surface area contributed by atoms with Crippen LogP contribution >= 0.6 is 23.4 Å². The second-order valence-electron chi connectivity index (χ2n) is 6.50. The molecule has 1 saturated heterocycles. The van der Waals surface area contributed by atoms with Crippen LogP contribution in [0.1, 0.15) is 51.0 Å². The zero-order valence-electron chi connectivity index (χ0n) is 14.2. The molecular weight excluding hydrogens is 358 g/mol. The van der Waals surface area contributed by atoms with E-state index in [4.69, 9.17) is 16.3 Å². The van der Waals surface area contributed by atoms with Crippen molar-refractivity contribution in [2.45, 2.75) is 51.6 Å². The molecule has 1 atom stereocenters. The number of hydrogen-bond donors (Lipinski definition) is 1. The van der Waals surface area contributed by atoms with Gasteiger partial charge in [0.05, 0.1) is 9.93 Å². The van der Waals surface area contributed by atoms with Gasteiger partial charge in [0.2, 0.25) is 0 Å². The number of carbonyl (C=O) groups excluding carboxylic acids is 2. The average molecular weight is 380 g/mol. The van der Waals surface area contributed by atoms with Gasteiger partial charge in [0, 0.05) is 0 Å². The zero-order chi connectivity index (χ0) is 17.8. The maximum atomic E-state index is 11.6. The maximum Gasteiger partial charge on any atom is 0.290 e. The molecule has 3 rings (SSSR count). The SMILES string of the molecule is CCC(Oc1ccc(/C=C2/SC(=O)NC2=O)cc1Cl)C1CCCCC1. The smallest absolute Gasteiger partial charge is 0.290 e. The molecule has 0 bridgehead atoms. The summed E-state index contributed by atoms with van der Waals surface area (Å²) in [4.78, 5) is 23.2. The van der Waals surface area contributed by atoms with Gasteiger partial charge in [-0.3, -0.25) is 14.9 Å². The van der Waals surface area contributed by atoms with E-state index in [0.717, 1.165) is 23.7 Å². The summed E-state index contributed by atoms with van der Waals surface area (Å²) in [6.45, 7) is 2.15. The summed E-state index contributed by atoms with van der Waals surface area (Å²) in [5.41, 5.74) is 0.774. The Balaban J connectivity index is 1.72. The Morgan fingerprint density at radius 2 is 2.08 bits per heavy atom. The number of rotatable bonds is 5. The largest absolute Gasteiger partial charge is 0.489 e. The first-order chi connectivity index (χ1) is 12.1. The zero-order valence-corrected chi connectivity index (χ0v) is 15.8. The van der Waals surface area contributed by atoms with Crippen molar-refractivity contribution < 1.29 is 14.3 Å². The van der Waals surface area contributed by atoms with Crippen molar-refractivity contribution in [2.75, 3.05) is 0 Å². The summed E-state index contributed by atoms with van der Waals surface area (Å²) in [6, 6.07) is 5.48. The summed E-state index contributed by atoms with van der Waals surface area (Å²) < 4.78 is 6.21. The summed E-state index contributed by atoms with van der Waals surface area (Å²) in [7, 11) is 0. The van der Waals surface area contributed by atoms with E-state index < -0.39 is 0 Å². The monoisotopic (exact) mass is 379 g/mol. The first-order valence-electron chi connectivity index (χ1n) is 8.78. The number of nitrogens with one attached hydrogen (secondary N) is 1. The quantitative estimate of drug-likeness (QED) is 0.695. The molecule has 6 heteroatoms. The van der Waals surface area contributed by atoms with Crippen molar-refractivity contribution in [1.82, 2.24) is 5.32 Å². The summed E-state index contributed by atoms with van der Waals surface area (Å²) >= 11 is 7.29. The predicted molar refractivity (Wildman–Crippen MR) is 102 cm³/mol. The molecule has 1 N–H and O–H groups in total. The molecule has 1 unspecified atom stereocenters. The number of thioether (sulfide) groups is 1. The number of benzene rings is 1. The Kier molecular flexibility index (Phi) is 6.07. The molecule has 1 aliphatic heterocycles. The molecule has 1 saturated carbocycles. The maximum absolute atomic E-state index is 11.6. The molecule has 2 aliphatic rings. The predicted octanol–water partition coefficient (Wildman–Crippen LogP) is 5.40. The third kappa shape index (κ3) is 4.59. The highest BCUT2D eigenvalue weighted by molar-refractivity contribution is 8.18. The van der Waals surface area contributed by atoms with Gasteiger partial charge in [0.25, 0.3) is 11.1 Å². The van der Waals surface area contributed by atoms with Gasteiger partial charge < -0.3 is 4.74 Å². The van der Waals surface area contributed by atoms with Crippen LogP contribution in [-0.2, 0) is 4.79 Å². The number of hydrogen-bond acceptors (Lipinski definition) is 4. The first-order valence-corrected chi connectivity index (χ1v) is 9.97. The molecule has 134 valence electrons. The molecule has 4 nitrogen and oxygen atoms in total. The topological polar surface area (TPSA) is 55.4 Å². The Labute approximate surface area is 157 Å². The van der Waals surface area contributed by atoms with Gasteiger partial charge in [-0.2, -0.15) is 0 Å². The fourth-order valence-electron chi connectivity index (χ4n) is 3.46. The average Bonchev–Trinajstić information content (AvgIpc) is 2.92. The van der Waals surface area contributed by atoms with Gasteiger partial charge in [-0.05, 0) is 60.7 Å². The third-order valence-electron chi connectivity index (χ3n) is 4.75. The lowest BCUT2D eigenvalue weighted by atomic mass is 9.84. The lowest BCUT2D eigenvalue weighted by Gasteiger charge is -2.30. The molecule has 0 spiro atoms. The number of imide groups is 1. The van der Waals surface area contributed by atoms with Crippen LogP contribution in [0.25, 0.3) is 6.08 Å². The lowest BCUT2D eigenvalue weighted by molar-refractivity contribution is -0.115. The standard InChI is InChI=1S/C19H22ClNO3S/c1-2-15(13-6-4-3-5-7-13)24-16-9-8-12(10-14(16)20)11-17-18(22)21-19(23)25-17/h8-11,13,15H,2-7H2,1H3,(H,21,22,23)/b17-11+. The van der Waals surface area contributed by atoms with Gasteiger partial charge in [-0.15, -0.1) is 0 Å². The van der Waals surface area contributed by atoms with E-state index in [9.17, 15) is 9.59 Å². The molecule has 2 fully saturated rings. The highest BCUT2D eigenvalue weighted by atomic mass is 35.5. The fourth-order valence-corrected chi connectivity index (χ4v) is 4.37. The van der Waals surface area contributed by atoms with Crippen LogP contribution in [0.5, 0.6) is 5.75 Å². The minimum absolute atomic E-state index is 0.191. The summed E-state index contributed by atoms with van der Waals surface area (Å²) in [5.74, 6) is 0.914. The van der Waals surface area contributed by atoms with Gasteiger partial charge in [-0.25, -0.2) is 0 Å². The van der Waals surface area contributed by atoms with Crippen LogP contribution in [0, 0.1) is 5.92 Å². The Hall–Kier alpha value is -1.46. The molecule has 25 heavy (non-hydrogen) atoms. The van der Waals surface area contributed by atoms with Crippen molar-refractivity contribution in [3.8, 4) is 5.75 Å². The van der Waals surface area contributed by atoms with Crippen molar-refractivity contribution in [3.63, 3.8) is 0 Å². The fraction of sp³-hybridized carbons (Fsp3) is 0.474. The van der Waals surface area contributed by atoms with Gasteiger partial charge in [-0.1, -0.05) is 43.9 Å². The first kappa shape index (κ1) is 18.3. The molecule has 2 amide bonds. The lowest BCUT2D eigenvalue weighted by Crippen LogP contribution is -2.28. The van der Waals surface area contributed by atoms with Crippen LogP contribution in [0.2, 0.25) is 5.02 Å². The molecular formula is C19H22ClNO3S. The summed E-state index contributed by atoms with van der Waals surface area (Å²) in [6.07, 6.45) is 9.15. The van der Waals surface area contributed by atoms with Crippen molar-refractivity contribution >= 4 is 40.6 Å². The van der Waals surface area contributed by atoms with Crippen LogP contribution < -0.4 is 10.1 Å². The van der Waals surface area contributed by atoms with E-state index in [1.165, 1.54) is 32.1 Å².